The second-order valence-electron chi connectivity index (χ2n) is 4.05. The molecule has 4 nitrogen and oxygen atoms in total. The van der Waals surface area contributed by atoms with Gasteiger partial charge in [-0.25, -0.2) is 4.98 Å². The maximum Gasteiger partial charge on any atom is 0.223 e. The topological polar surface area (TPSA) is 63.8 Å². The van der Waals surface area contributed by atoms with Crippen molar-refractivity contribution in [1.29, 1.82) is 0 Å². The zero-order valence-electron chi connectivity index (χ0n) is 10.9. The van der Waals surface area contributed by atoms with Gasteiger partial charge in [0.15, 0.2) is 0 Å². The lowest BCUT2D eigenvalue weighted by Gasteiger charge is -2.08. The molecule has 0 amide bonds. The van der Waals surface area contributed by atoms with Crippen LogP contribution in [0.5, 0.6) is 0 Å². The Labute approximate surface area is 132 Å². The molecule has 2 aromatic rings. The van der Waals surface area contributed by atoms with Crippen LogP contribution in [0.15, 0.2) is 34.2 Å². The summed E-state index contributed by atoms with van der Waals surface area (Å²) in [4.78, 5) is 9.16. The molecule has 1 heterocycles. The van der Waals surface area contributed by atoms with Crippen LogP contribution in [0.25, 0.3) is 0 Å². The molecule has 0 aliphatic carbocycles. The number of nitrogens with zero attached hydrogens (tertiary/aromatic N) is 2. The maximum absolute atomic E-state index is 6.14. The second-order valence-corrected chi connectivity index (χ2v) is 5.96. The fourth-order valence-electron chi connectivity index (χ4n) is 1.51. The van der Waals surface area contributed by atoms with Crippen LogP contribution in [-0.2, 0) is 0 Å². The molecule has 2 rings (SSSR count). The van der Waals surface area contributed by atoms with Crippen LogP contribution in [0.4, 0.5) is 11.8 Å². The molecule has 0 saturated heterocycles. The summed E-state index contributed by atoms with van der Waals surface area (Å²) >= 11 is 13.5. The number of aromatic nitrogens is 2. The van der Waals surface area contributed by atoms with E-state index in [9.17, 15) is 0 Å². The molecule has 0 fully saturated rings. The summed E-state index contributed by atoms with van der Waals surface area (Å²) in [5.41, 5.74) is 5.72. The Kier molecular flexibility index (Phi) is 5.34. The molecule has 0 saturated carbocycles. The first-order chi connectivity index (χ1) is 9.58. The van der Waals surface area contributed by atoms with Crippen molar-refractivity contribution in [2.24, 2.45) is 0 Å². The minimum absolute atomic E-state index is 0.228. The van der Waals surface area contributed by atoms with E-state index >= 15 is 0 Å². The van der Waals surface area contributed by atoms with Gasteiger partial charge in [-0.15, -0.1) is 0 Å². The SMILES string of the molecule is CCCNc1cc(Sc2cc(Cl)ccc2Cl)nc(N)n1. The molecule has 0 bridgehead atoms. The number of hydrogen-bond acceptors (Lipinski definition) is 5. The second kappa shape index (κ2) is 7.02. The lowest BCUT2D eigenvalue weighted by atomic mass is 10.4. The van der Waals surface area contributed by atoms with E-state index in [4.69, 9.17) is 28.9 Å². The average Bonchev–Trinajstić information content (AvgIpc) is 2.40. The molecule has 1 aromatic carbocycles. The van der Waals surface area contributed by atoms with Crippen LogP contribution < -0.4 is 11.1 Å². The normalized spacial score (nSPS) is 10.6. The van der Waals surface area contributed by atoms with Crippen LogP contribution >= 0.6 is 35.0 Å². The average molecular weight is 329 g/mol. The minimum Gasteiger partial charge on any atom is -0.370 e. The van der Waals surface area contributed by atoms with E-state index in [1.165, 1.54) is 11.8 Å². The first-order valence-corrected chi connectivity index (χ1v) is 7.67. The fourth-order valence-corrected chi connectivity index (χ4v) is 2.86. The van der Waals surface area contributed by atoms with Crippen LogP contribution in [0, 0.1) is 0 Å². The Morgan fingerprint density at radius 1 is 1.25 bits per heavy atom. The number of halogens is 2. The van der Waals surface area contributed by atoms with Gasteiger partial charge < -0.3 is 11.1 Å². The molecule has 0 spiro atoms. The Morgan fingerprint density at radius 3 is 2.80 bits per heavy atom. The van der Waals surface area contributed by atoms with Gasteiger partial charge in [-0.1, -0.05) is 41.9 Å². The number of rotatable bonds is 5. The van der Waals surface area contributed by atoms with E-state index in [2.05, 4.69) is 22.2 Å². The zero-order chi connectivity index (χ0) is 14.5. The number of nitrogens with one attached hydrogen (secondary N) is 1. The first-order valence-electron chi connectivity index (χ1n) is 6.10. The van der Waals surface area contributed by atoms with Gasteiger partial charge in [0, 0.05) is 22.5 Å². The molecule has 0 aliphatic rings. The molecular formula is C13H14Cl2N4S. The van der Waals surface area contributed by atoms with Crippen molar-refractivity contribution < 1.29 is 0 Å². The molecule has 0 atom stereocenters. The van der Waals surface area contributed by atoms with Gasteiger partial charge in [0.05, 0.1) is 5.02 Å². The van der Waals surface area contributed by atoms with Crippen molar-refractivity contribution in [3.8, 4) is 0 Å². The summed E-state index contributed by atoms with van der Waals surface area (Å²) < 4.78 is 0. The predicted octanol–water partition coefficient (Wildman–Crippen LogP) is 4.34. The van der Waals surface area contributed by atoms with Crippen LogP contribution in [0.3, 0.4) is 0 Å². The highest BCUT2D eigenvalue weighted by Gasteiger charge is 2.08. The summed E-state index contributed by atoms with van der Waals surface area (Å²) in [6.45, 7) is 2.91. The number of nitrogens with two attached hydrogens (primary N) is 1. The highest BCUT2D eigenvalue weighted by atomic mass is 35.5. The Hall–Kier alpha value is -1.17. The molecule has 0 radical (unpaired) electrons. The van der Waals surface area contributed by atoms with Gasteiger partial charge in [0.2, 0.25) is 5.95 Å². The molecule has 3 N–H and O–H groups in total. The highest BCUT2D eigenvalue weighted by Crippen LogP contribution is 2.34. The molecule has 7 heteroatoms. The minimum atomic E-state index is 0.228. The van der Waals surface area contributed by atoms with E-state index in [1.807, 2.05) is 6.07 Å². The lowest BCUT2D eigenvalue weighted by molar-refractivity contribution is 0.957. The lowest BCUT2D eigenvalue weighted by Crippen LogP contribution is -2.05. The third-order valence-electron chi connectivity index (χ3n) is 2.38. The van der Waals surface area contributed by atoms with Crippen LogP contribution in [0.1, 0.15) is 13.3 Å². The van der Waals surface area contributed by atoms with E-state index < -0.39 is 0 Å². The van der Waals surface area contributed by atoms with Gasteiger partial charge in [-0.3, -0.25) is 0 Å². The standard InChI is InChI=1S/C13H14Cl2N4S/c1-2-5-17-11-7-12(19-13(16)18-11)20-10-6-8(14)3-4-9(10)15/h3-4,6-7H,2,5H2,1H3,(H3,16,17,18,19). The number of benzene rings is 1. The monoisotopic (exact) mass is 328 g/mol. The molecule has 0 unspecified atom stereocenters. The van der Waals surface area contributed by atoms with E-state index in [0.29, 0.717) is 15.9 Å². The van der Waals surface area contributed by atoms with Gasteiger partial charge >= 0.3 is 0 Å². The largest absolute Gasteiger partial charge is 0.370 e. The number of anilines is 2. The van der Waals surface area contributed by atoms with Crippen molar-refractivity contribution in [2.75, 3.05) is 17.6 Å². The fraction of sp³-hybridized carbons (Fsp3) is 0.231. The molecule has 0 aliphatic heterocycles. The van der Waals surface area contributed by atoms with Crippen molar-refractivity contribution in [3.63, 3.8) is 0 Å². The molecule has 1 aromatic heterocycles. The maximum atomic E-state index is 6.14. The molecule has 20 heavy (non-hydrogen) atoms. The van der Waals surface area contributed by atoms with Crippen LogP contribution in [0.2, 0.25) is 10.0 Å². The first kappa shape index (κ1) is 15.2. The van der Waals surface area contributed by atoms with E-state index in [0.717, 1.165) is 22.9 Å². The smallest absolute Gasteiger partial charge is 0.223 e. The van der Waals surface area contributed by atoms with Crippen molar-refractivity contribution in [1.82, 2.24) is 9.97 Å². The number of nitrogen functional groups attached to an aromatic ring is 1. The summed E-state index contributed by atoms with van der Waals surface area (Å²) in [5.74, 6) is 0.937. The van der Waals surface area contributed by atoms with E-state index in [-0.39, 0.29) is 5.95 Å². The summed E-state index contributed by atoms with van der Waals surface area (Å²) in [7, 11) is 0. The predicted molar refractivity (Wildman–Crippen MR) is 85.8 cm³/mol. The third-order valence-corrected chi connectivity index (χ3v) is 4.04. The number of hydrogen-bond donors (Lipinski definition) is 2. The quantitative estimate of drug-likeness (QED) is 0.799. The Morgan fingerprint density at radius 2 is 2.05 bits per heavy atom. The molecular weight excluding hydrogens is 315 g/mol. The van der Waals surface area contributed by atoms with Crippen molar-refractivity contribution >= 4 is 46.7 Å². The van der Waals surface area contributed by atoms with Gasteiger partial charge in [-0.2, -0.15) is 4.98 Å². The van der Waals surface area contributed by atoms with Crippen molar-refractivity contribution in [2.45, 2.75) is 23.3 Å². The zero-order valence-corrected chi connectivity index (χ0v) is 13.2. The third kappa shape index (κ3) is 4.16. The highest BCUT2D eigenvalue weighted by molar-refractivity contribution is 7.99. The van der Waals surface area contributed by atoms with Gasteiger partial charge in [-0.05, 0) is 24.6 Å². The Bertz CT molecular complexity index is 607. The summed E-state index contributed by atoms with van der Waals surface area (Å²) in [6, 6.07) is 7.14. The van der Waals surface area contributed by atoms with E-state index in [1.54, 1.807) is 18.2 Å². The molecule has 106 valence electrons. The van der Waals surface area contributed by atoms with Crippen LogP contribution in [-0.4, -0.2) is 16.5 Å². The van der Waals surface area contributed by atoms with Crippen molar-refractivity contribution in [3.05, 3.63) is 34.3 Å². The Balaban J connectivity index is 2.24. The van der Waals surface area contributed by atoms with Gasteiger partial charge in [0.1, 0.15) is 10.8 Å². The summed E-state index contributed by atoms with van der Waals surface area (Å²) in [5, 5.41) is 5.16. The summed E-state index contributed by atoms with van der Waals surface area (Å²) in [6.07, 6.45) is 1.01. The van der Waals surface area contributed by atoms with Gasteiger partial charge in [0.25, 0.3) is 0 Å².